The number of pyridine rings is 1. The molecule has 0 radical (unpaired) electrons. The van der Waals surface area contributed by atoms with Gasteiger partial charge in [0.2, 0.25) is 0 Å². The molecule has 152 valence electrons. The van der Waals surface area contributed by atoms with Gasteiger partial charge in [-0.05, 0) is 55.1 Å². The van der Waals surface area contributed by atoms with Gasteiger partial charge >= 0.3 is 0 Å². The second-order valence-corrected chi connectivity index (χ2v) is 7.24. The molecule has 0 atom stereocenters. The summed E-state index contributed by atoms with van der Waals surface area (Å²) in [6.45, 7) is 1.60. The van der Waals surface area contributed by atoms with Crippen molar-refractivity contribution in [3.8, 4) is 16.9 Å². The molecule has 0 unspecified atom stereocenters. The summed E-state index contributed by atoms with van der Waals surface area (Å²) in [5.41, 5.74) is 0.210. The largest absolute Gasteiger partial charge is 0.269 e. The first-order valence-corrected chi connectivity index (χ1v) is 9.92. The SMILES string of the molecule is CSc1nc(-c2ccc(F)c(C)c2)c2ccc(=O)n(-c3ccc(F)c(F)c3F)c2n1. The number of nitrogens with zero attached hydrogens (tertiary/aromatic N) is 3. The summed E-state index contributed by atoms with van der Waals surface area (Å²) < 4.78 is 56.3. The van der Waals surface area contributed by atoms with Gasteiger partial charge in [0, 0.05) is 17.0 Å². The van der Waals surface area contributed by atoms with Crippen LogP contribution in [0, 0.1) is 30.2 Å². The number of hydrogen-bond acceptors (Lipinski definition) is 4. The number of fused-ring (bicyclic) bond motifs is 1. The van der Waals surface area contributed by atoms with E-state index in [0.717, 1.165) is 22.8 Å². The molecule has 0 saturated heterocycles. The summed E-state index contributed by atoms with van der Waals surface area (Å²) >= 11 is 1.18. The van der Waals surface area contributed by atoms with Crippen molar-refractivity contribution in [3.05, 3.63) is 81.7 Å². The number of benzene rings is 2. The molecule has 0 amide bonds. The van der Waals surface area contributed by atoms with Gasteiger partial charge in [0.1, 0.15) is 5.82 Å². The van der Waals surface area contributed by atoms with Gasteiger partial charge in [-0.25, -0.2) is 27.5 Å². The Morgan fingerprint density at radius 1 is 0.900 bits per heavy atom. The molecule has 0 aliphatic heterocycles. The van der Waals surface area contributed by atoms with Gasteiger partial charge in [-0.2, -0.15) is 0 Å². The quantitative estimate of drug-likeness (QED) is 0.198. The van der Waals surface area contributed by atoms with Gasteiger partial charge in [0.15, 0.2) is 28.3 Å². The number of thioether (sulfide) groups is 1. The third kappa shape index (κ3) is 3.24. The van der Waals surface area contributed by atoms with Gasteiger partial charge in [-0.15, -0.1) is 0 Å². The molecule has 2 heterocycles. The molecule has 0 N–H and O–H groups in total. The first kappa shape index (κ1) is 20.1. The number of hydrogen-bond donors (Lipinski definition) is 0. The van der Waals surface area contributed by atoms with E-state index in [1.807, 2.05) is 0 Å². The van der Waals surface area contributed by atoms with Crippen LogP contribution in [0.1, 0.15) is 5.56 Å². The van der Waals surface area contributed by atoms with Gasteiger partial charge in [-0.1, -0.05) is 11.8 Å². The third-order valence-corrected chi connectivity index (χ3v) is 5.15. The molecule has 0 bridgehead atoms. The van der Waals surface area contributed by atoms with E-state index in [-0.39, 0.29) is 16.6 Å². The average molecular weight is 431 g/mol. The summed E-state index contributed by atoms with van der Waals surface area (Å²) in [5, 5.41) is 0.629. The molecule has 4 rings (SSSR count). The van der Waals surface area contributed by atoms with Crippen molar-refractivity contribution in [1.82, 2.24) is 14.5 Å². The topological polar surface area (TPSA) is 47.8 Å². The molecule has 0 fully saturated rings. The molecule has 4 aromatic rings. The molecule has 0 aliphatic rings. The Morgan fingerprint density at radius 3 is 2.33 bits per heavy atom. The average Bonchev–Trinajstić information content (AvgIpc) is 2.74. The van der Waals surface area contributed by atoms with E-state index < -0.39 is 28.7 Å². The van der Waals surface area contributed by atoms with Crippen LogP contribution in [0.3, 0.4) is 0 Å². The molecule has 0 saturated carbocycles. The van der Waals surface area contributed by atoms with E-state index in [9.17, 15) is 22.4 Å². The summed E-state index contributed by atoms with van der Waals surface area (Å²) in [6, 6.07) is 8.74. The van der Waals surface area contributed by atoms with Gasteiger partial charge in [0.25, 0.3) is 5.56 Å². The van der Waals surface area contributed by atoms with Crippen LogP contribution in [-0.4, -0.2) is 20.8 Å². The smallest absolute Gasteiger partial charge is 0.256 e. The minimum Gasteiger partial charge on any atom is -0.269 e. The minimum atomic E-state index is -1.69. The zero-order valence-corrected chi connectivity index (χ0v) is 16.5. The predicted molar refractivity (Wildman–Crippen MR) is 107 cm³/mol. The second kappa shape index (κ2) is 7.56. The first-order chi connectivity index (χ1) is 14.3. The maximum Gasteiger partial charge on any atom is 0.256 e. The fourth-order valence-electron chi connectivity index (χ4n) is 3.12. The van der Waals surface area contributed by atoms with Crippen LogP contribution in [0.5, 0.6) is 0 Å². The third-order valence-electron chi connectivity index (χ3n) is 4.60. The van der Waals surface area contributed by atoms with Crippen LogP contribution in [0.25, 0.3) is 28.0 Å². The summed E-state index contributed by atoms with van der Waals surface area (Å²) in [5.74, 6) is -4.95. The lowest BCUT2D eigenvalue weighted by molar-refractivity contribution is 0.444. The van der Waals surface area contributed by atoms with E-state index in [2.05, 4.69) is 9.97 Å². The Hall–Kier alpha value is -3.20. The van der Waals surface area contributed by atoms with Crippen molar-refractivity contribution >= 4 is 22.8 Å². The monoisotopic (exact) mass is 431 g/mol. The number of rotatable bonds is 3. The molecule has 9 heteroatoms. The van der Waals surface area contributed by atoms with Crippen LogP contribution >= 0.6 is 11.8 Å². The van der Waals surface area contributed by atoms with Crippen LogP contribution in [0.2, 0.25) is 0 Å². The number of halogens is 4. The van der Waals surface area contributed by atoms with Crippen molar-refractivity contribution in [2.24, 2.45) is 0 Å². The highest BCUT2D eigenvalue weighted by Gasteiger charge is 2.20. The minimum absolute atomic E-state index is 0.0173. The molecule has 30 heavy (non-hydrogen) atoms. The molecule has 2 aromatic carbocycles. The second-order valence-electron chi connectivity index (χ2n) is 6.46. The van der Waals surface area contributed by atoms with Crippen molar-refractivity contribution < 1.29 is 17.6 Å². The molecule has 2 aromatic heterocycles. The molecular weight excluding hydrogens is 418 g/mol. The Balaban J connectivity index is 2.11. The highest BCUT2D eigenvalue weighted by Crippen LogP contribution is 2.30. The van der Waals surface area contributed by atoms with E-state index in [0.29, 0.717) is 22.2 Å². The van der Waals surface area contributed by atoms with E-state index in [1.54, 1.807) is 19.2 Å². The standard InChI is InChI=1S/C21H13F4N3OS/c1-10-9-11(3-5-13(10)22)19-12-4-8-16(29)28(20(12)27-21(26-19)30-2)15-7-6-14(23)17(24)18(15)25/h3-9H,1-2H3. The van der Waals surface area contributed by atoms with Crippen LogP contribution in [0.4, 0.5) is 17.6 Å². The number of aromatic nitrogens is 3. The predicted octanol–water partition coefficient (Wildman–Crippen LogP) is 5.03. The Labute approximate surface area is 172 Å². The highest BCUT2D eigenvalue weighted by atomic mass is 32.2. The van der Waals surface area contributed by atoms with Crippen LogP contribution < -0.4 is 5.56 Å². The van der Waals surface area contributed by atoms with Crippen molar-refractivity contribution in [2.75, 3.05) is 6.26 Å². The van der Waals surface area contributed by atoms with E-state index in [1.165, 1.54) is 30.0 Å². The van der Waals surface area contributed by atoms with Gasteiger partial charge in [-0.3, -0.25) is 9.36 Å². The molecule has 0 spiro atoms. The van der Waals surface area contributed by atoms with Crippen molar-refractivity contribution in [2.45, 2.75) is 12.1 Å². The summed E-state index contributed by atoms with van der Waals surface area (Å²) in [6.07, 6.45) is 1.71. The fourth-order valence-corrected chi connectivity index (χ4v) is 3.48. The molecular formula is C21H13F4N3OS. The summed E-state index contributed by atoms with van der Waals surface area (Å²) in [7, 11) is 0. The lowest BCUT2D eigenvalue weighted by atomic mass is 10.1. The Morgan fingerprint density at radius 2 is 1.63 bits per heavy atom. The fraction of sp³-hybridized carbons (Fsp3) is 0.0952. The Kier molecular flexibility index (Phi) is 5.07. The first-order valence-electron chi connectivity index (χ1n) is 8.70. The zero-order valence-electron chi connectivity index (χ0n) is 15.7. The lowest BCUT2D eigenvalue weighted by Crippen LogP contribution is -2.20. The highest BCUT2D eigenvalue weighted by molar-refractivity contribution is 7.98. The van der Waals surface area contributed by atoms with Gasteiger partial charge < -0.3 is 0 Å². The summed E-state index contributed by atoms with van der Waals surface area (Å²) in [4.78, 5) is 21.4. The Bertz CT molecular complexity index is 1370. The zero-order chi connectivity index (χ0) is 21.6. The van der Waals surface area contributed by atoms with Crippen molar-refractivity contribution in [3.63, 3.8) is 0 Å². The maximum atomic E-state index is 14.5. The number of aryl methyl sites for hydroxylation is 1. The molecule has 4 nitrogen and oxygen atoms in total. The molecule has 0 aliphatic carbocycles. The maximum absolute atomic E-state index is 14.5. The van der Waals surface area contributed by atoms with E-state index in [4.69, 9.17) is 0 Å². The normalized spacial score (nSPS) is 11.3. The van der Waals surface area contributed by atoms with Crippen LogP contribution in [-0.2, 0) is 0 Å². The van der Waals surface area contributed by atoms with Gasteiger partial charge in [0.05, 0.1) is 11.4 Å². The lowest BCUT2D eigenvalue weighted by Gasteiger charge is -2.14. The van der Waals surface area contributed by atoms with E-state index >= 15 is 0 Å². The van der Waals surface area contributed by atoms with Crippen LogP contribution in [0.15, 0.2) is 52.4 Å². The van der Waals surface area contributed by atoms with Crippen molar-refractivity contribution in [1.29, 1.82) is 0 Å².